The van der Waals surface area contributed by atoms with Gasteiger partial charge in [0.1, 0.15) is 6.61 Å². The average Bonchev–Trinajstić information content (AvgIpc) is 2.56. The van der Waals surface area contributed by atoms with Gasteiger partial charge in [-0.05, 0) is 18.2 Å². The highest BCUT2D eigenvalue weighted by Gasteiger charge is 2.26. The molecule has 1 aliphatic heterocycles. The standard InChI is InChI=1S/C16H13ClN2O3/c17-12-6-2-1-5-11(12)9-18-19-16(20)15-10-21-13-7-3-4-8-14(13)22-15/h1-9,15H,10H2,(H,19,20)/b18-9-/t15-/m0/s1. The van der Waals surface area contributed by atoms with Crippen LogP contribution < -0.4 is 14.9 Å². The zero-order chi connectivity index (χ0) is 15.4. The number of nitrogens with one attached hydrogen (secondary N) is 1. The van der Waals surface area contributed by atoms with Gasteiger partial charge in [-0.1, -0.05) is 41.9 Å². The highest BCUT2D eigenvalue weighted by Crippen LogP contribution is 2.30. The minimum atomic E-state index is -0.738. The number of hydrogen-bond donors (Lipinski definition) is 1. The van der Waals surface area contributed by atoms with Gasteiger partial charge in [-0.25, -0.2) is 5.43 Å². The van der Waals surface area contributed by atoms with Crippen molar-refractivity contribution < 1.29 is 14.3 Å². The van der Waals surface area contributed by atoms with Gasteiger partial charge in [0.05, 0.1) is 6.21 Å². The van der Waals surface area contributed by atoms with Crippen LogP contribution in [0, 0.1) is 0 Å². The Morgan fingerprint density at radius 2 is 1.91 bits per heavy atom. The maximum absolute atomic E-state index is 12.0. The van der Waals surface area contributed by atoms with Gasteiger partial charge in [0.15, 0.2) is 11.5 Å². The molecule has 0 fully saturated rings. The van der Waals surface area contributed by atoms with E-state index in [-0.39, 0.29) is 12.5 Å². The van der Waals surface area contributed by atoms with Crippen molar-refractivity contribution in [2.45, 2.75) is 6.10 Å². The summed E-state index contributed by atoms with van der Waals surface area (Å²) < 4.78 is 11.1. The Bertz CT molecular complexity index is 718. The van der Waals surface area contributed by atoms with Crippen LogP contribution in [0.4, 0.5) is 0 Å². The number of ether oxygens (including phenoxy) is 2. The van der Waals surface area contributed by atoms with Crippen molar-refractivity contribution in [3.8, 4) is 11.5 Å². The lowest BCUT2D eigenvalue weighted by Crippen LogP contribution is -2.42. The molecule has 0 radical (unpaired) electrons. The second-order valence-electron chi connectivity index (χ2n) is 4.62. The van der Waals surface area contributed by atoms with Crippen molar-refractivity contribution in [2.24, 2.45) is 5.10 Å². The average molecular weight is 317 g/mol. The second-order valence-corrected chi connectivity index (χ2v) is 5.03. The zero-order valence-electron chi connectivity index (χ0n) is 11.5. The smallest absolute Gasteiger partial charge is 0.284 e. The van der Waals surface area contributed by atoms with E-state index in [0.29, 0.717) is 16.5 Å². The van der Waals surface area contributed by atoms with Crippen molar-refractivity contribution in [3.05, 3.63) is 59.1 Å². The first-order valence-electron chi connectivity index (χ1n) is 6.70. The molecular weight excluding hydrogens is 304 g/mol. The fourth-order valence-corrected chi connectivity index (χ4v) is 2.15. The molecule has 0 spiro atoms. The molecule has 0 saturated heterocycles. The Hall–Kier alpha value is -2.53. The number of para-hydroxylation sites is 2. The van der Waals surface area contributed by atoms with E-state index in [1.54, 1.807) is 24.3 Å². The van der Waals surface area contributed by atoms with E-state index in [1.807, 2.05) is 24.3 Å². The Morgan fingerprint density at radius 1 is 1.18 bits per heavy atom. The lowest BCUT2D eigenvalue weighted by Gasteiger charge is -2.24. The summed E-state index contributed by atoms with van der Waals surface area (Å²) in [7, 11) is 0. The van der Waals surface area contributed by atoms with E-state index in [2.05, 4.69) is 10.5 Å². The highest BCUT2D eigenvalue weighted by atomic mass is 35.5. The van der Waals surface area contributed by atoms with Gasteiger partial charge in [-0.15, -0.1) is 0 Å². The highest BCUT2D eigenvalue weighted by molar-refractivity contribution is 6.33. The molecule has 1 atom stereocenters. The molecule has 0 aliphatic carbocycles. The Labute approximate surface area is 132 Å². The van der Waals surface area contributed by atoms with E-state index in [9.17, 15) is 4.79 Å². The van der Waals surface area contributed by atoms with Crippen LogP contribution in [0.25, 0.3) is 0 Å². The van der Waals surface area contributed by atoms with Crippen LogP contribution in [0.15, 0.2) is 53.6 Å². The number of hydrogen-bond acceptors (Lipinski definition) is 4. The summed E-state index contributed by atoms with van der Waals surface area (Å²) in [4.78, 5) is 12.0. The molecule has 3 rings (SSSR count). The first-order valence-corrected chi connectivity index (χ1v) is 7.08. The number of hydrazone groups is 1. The summed E-state index contributed by atoms with van der Waals surface area (Å²) >= 11 is 6.00. The van der Waals surface area contributed by atoms with Crippen LogP contribution >= 0.6 is 11.6 Å². The Balaban J connectivity index is 1.60. The van der Waals surface area contributed by atoms with Crippen LogP contribution in [0.1, 0.15) is 5.56 Å². The van der Waals surface area contributed by atoms with Crippen LogP contribution in [0.2, 0.25) is 5.02 Å². The number of benzene rings is 2. The zero-order valence-corrected chi connectivity index (χ0v) is 12.3. The molecule has 112 valence electrons. The SMILES string of the molecule is O=C(N/N=C\c1ccccc1Cl)[C@@H]1COc2ccccc2O1. The van der Waals surface area contributed by atoms with Gasteiger partial charge in [0.25, 0.3) is 5.91 Å². The van der Waals surface area contributed by atoms with Gasteiger partial charge in [0.2, 0.25) is 6.10 Å². The minimum absolute atomic E-state index is 0.143. The molecule has 6 heteroatoms. The fraction of sp³-hybridized carbons (Fsp3) is 0.125. The first-order chi connectivity index (χ1) is 10.7. The molecule has 1 N–H and O–H groups in total. The maximum Gasteiger partial charge on any atom is 0.284 e. The molecule has 22 heavy (non-hydrogen) atoms. The summed E-state index contributed by atoms with van der Waals surface area (Å²) in [6.45, 7) is 0.143. The van der Waals surface area contributed by atoms with E-state index < -0.39 is 6.10 Å². The van der Waals surface area contributed by atoms with Crippen LogP contribution in [0.3, 0.4) is 0 Å². The van der Waals surface area contributed by atoms with Gasteiger partial charge >= 0.3 is 0 Å². The second kappa shape index (κ2) is 6.49. The Morgan fingerprint density at radius 3 is 2.73 bits per heavy atom. The number of halogens is 1. The fourth-order valence-electron chi connectivity index (χ4n) is 1.97. The molecule has 0 aromatic heterocycles. The van der Waals surface area contributed by atoms with Crippen molar-refractivity contribution >= 4 is 23.7 Å². The lowest BCUT2D eigenvalue weighted by atomic mass is 10.2. The van der Waals surface area contributed by atoms with Crippen LogP contribution in [-0.4, -0.2) is 24.8 Å². The largest absolute Gasteiger partial charge is 0.485 e. The van der Waals surface area contributed by atoms with Crippen molar-refractivity contribution in [3.63, 3.8) is 0 Å². The third-order valence-corrected chi connectivity index (χ3v) is 3.43. The number of amides is 1. The van der Waals surface area contributed by atoms with Crippen molar-refractivity contribution in [2.75, 3.05) is 6.61 Å². The quantitative estimate of drug-likeness (QED) is 0.699. The van der Waals surface area contributed by atoms with Crippen LogP contribution in [-0.2, 0) is 4.79 Å². The van der Waals surface area contributed by atoms with Gasteiger partial charge < -0.3 is 9.47 Å². The predicted octanol–water partition coefficient (Wildman–Crippen LogP) is 2.63. The van der Waals surface area contributed by atoms with E-state index in [1.165, 1.54) is 6.21 Å². The number of carbonyl (C=O) groups is 1. The molecule has 1 amide bonds. The molecule has 1 heterocycles. The normalized spacial score (nSPS) is 16.5. The molecule has 2 aromatic carbocycles. The van der Waals surface area contributed by atoms with E-state index >= 15 is 0 Å². The van der Waals surface area contributed by atoms with Crippen molar-refractivity contribution in [1.29, 1.82) is 0 Å². The number of fused-ring (bicyclic) bond motifs is 1. The van der Waals surface area contributed by atoms with Crippen LogP contribution in [0.5, 0.6) is 11.5 Å². The third-order valence-electron chi connectivity index (χ3n) is 3.08. The third kappa shape index (κ3) is 3.20. The molecule has 1 aliphatic rings. The molecule has 0 saturated carbocycles. The number of nitrogens with zero attached hydrogens (tertiary/aromatic N) is 1. The summed E-state index contributed by atoms with van der Waals surface area (Å²) in [6, 6.07) is 14.4. The molecular formula is C16H13ClN2O3. The summed E-state index contributed by atoms with van der Waals surface area (Å²) in [6.07, 6.45) is 0.746. The van der Waals surface area contributed by atoms with Gasteiger partial charge in [0, 0.05) is 10.6 Å². The summed E-state index contributed by atoms with van der Waals surface area (Å²) in [5.74, 6) is 0.799. The minimum Gasteiger partial charge on any atom is -0.485 e. The lowest BCUT2D eigenvalue weighted by molar-refractivity contribution is -0.130. The summed E-state index contributed by atoms with van der Waals surface area (Å²) in [5.41, 5.74) is 3.14. The molecule has 5 nitrogen and oxygen atoms in total. The van der Waals surface area contributed by atoms with Crippen molar-refractivity contribution in [1.82, 2.24) is 5.43 Å². The predicted molar refractivity (Wildman–Crippen MR) is 83.5 cm³/mol. The van der Waals surface area contributed by atoms with Gasteiger partial charge in [-0.3, -0.25) is 4.79 Å². The number of rotatable bonds is 3. The van der Waals surface area contributed by atoms with E-state index in [0.717, 1.165) is 5.56 Å². The molecule has 0 bridgehead atoms. The monoisotopic (exact) mass is 316 g/mol. The van der Waals surface area contributed by atoms with E-state index in [4.69, 9.17) is 21.1 Å². The number of carbonyl (C=O) groups excluding carboxylic acids is 1. The topological polar surface area (TPSA) is 59.9 Å². The molecule has 2 aromatic rings. The maximum atomic E-state index is 12.0. The first kappa shape index (κ1) is 14.4. The molecule has 0 unspecified atom stereocenters. The van der Waals surface area contributed by atoms with Gasteiger partial charge in [-0.2, -0.15) is 5.10 Å². The Kier molecular flexibility index (Phi) is 4.25. The summed E-state index contributed by atoms with van der Waals surface area (Å²) in [5, 5.41) is 4.45.